The van der Waals surface area contributed by atoms with Crippen molar-refractivity contribution in [3.63, 3.8) is 0 Å². The minimum absolute atomic E-state index is 0.0571. The molecule has 0 radical (unpaired) electrons. The Morgan fingerprint density at radius 2 is 2.10 bits per heavy atom. The van der Waals surface area contributed by atoms with E-state index in [1.807, 2.05) is 0 Å². The Balaban J connectivity index is 2.96. The Morgan fingerprint density at radius 1 is 1.50 bits per heavy atom. The lowest BCUT2D eigenvalue weighted by Crippen LogP contribution is -2.32. The topological polar surface area (TPSA) is 26.0 Å². The first-order valence-corrected chi connectivity index (χ1v) is 3.11. The maximum absolute atomic E-state index is 11.7. The van der Waals surface area contributed by atoms with Gasteiger partial charge in [-0.15, -0.1) is 0 Å². The van der Waals surface area contributed by atoms with Crippen molar-refractivity contribution in [3.8, 4) is 0 Å². The van der Waals surface area contributed by atoms with Crippen LogP contribution in [0, 0.1) is 0 Å². The zero-order valence-electron chi connectivity index (χ0n) is 4.52. The average molecular weight is 215 g/mol. The lowest BCUT2D eigenvalue weighted by atomic mass is 9.88. The molecule has 10 heavy (non-hydrogen) atoms. The number of nitrogens with zero attached hydrogens (tertiary/aromatic N) is 1. The zero-order valence-corrected chi connectivity index (χ0v) is 6.11. The van der Waals surface area contributed by atoms with Crippen LogP contribution in [-0.2, 0) is 0 Å². The minimum atomic E-state index is -5.04. The molecule has 1 aromatic rings. The first-order chi connectivity index (χ1) is 4.50. The predicted octanol–water partition coefficient (Wildman–Crippen LogP) is 1.49. The highest BCUT2D eigenvalue weighted by molar-refractivity contribution is 9.10. The lowest BCUT2D eigenvalue weighted by Gasteiger charge is -2.06. The molecule has 0 spiro atoms. The van der Waals surface area contributed by atoms with Crippen LogP contribution in [0.4, 0.5) is 12.9 Å². The third-order valence-corrected chi connectivity index (χ3v) is 1.20. The van der Waals surface area contributed by atoms with Gasteiger partial charge in [-0.2, -0.15) is 0 Å². The Labute approximate surface area is 62.6 Å². The van der Waals surface area contributed by atoms with Crippen molar-refractivity contribution in [1.29, 1.82) is 0 Å². The molecular formula is C3HBBrF3NO-. The van der Waals surface area contributed by atoms with Crippen LogP contribution in [0.25, 0.3) is 0 Å². The van der Waals surface area contributed by atoms with Gasteiger partial charge in [-0.1, -0.05) is 5.16 Å². The number of rotatable bonds is 1. The SMILES string of the molecule is F[B-](F)(F)c1cc(Br)no1. The quantitative estimate of drug-likeness (QED) is 0.663. The predicted molar refractivity (Wildman–Crippen MR) is 32.9 cm³/mol. The molecule has 0 aliphatic carbocycles. The molecule has 1 rings (SSSR count). The minimum Gasteiger partial charge on any atom is -0.443 e. The monoisotopic (exact) mass is 214 g/mol. The fourth-order valence-electron chi connectivity index (χ4n) is 0.421. The van der Waals surface area contributed by atoms with Crippen LogP contribution in [0.5, 0.6) is 0 Å². The lowest BCUT2D eigenvalue weighted by molar-refractivity contribution is 0.402. The molecule has 56 valence electrons. The maximum atomic E-state index is 11.7. The van der Waals surface area contributed by atoms with Crippen molar-refractivity contribution < 1.29 is 17.5 Å². The molecule has 0 bridgehead atoms. The van der Waals surface area contributed by atoms with Crippen molar-refractivity contribution >= 4 is 28.6 Å². The van der Waals surface area contributed by atoms with E-state index in [1.165, 1.54) is 0 Å². The van der Waals surface area contributed by atoms with E-state index in [4.69, 9.17) is 0 Å². The fraction of sp³-hybridized carbons (Fsp3) is 0. The smallest absolute Gasteiger partial charge is 0.443 e. The van der Waals surface area contributed by atoms with Gasteiger partial charge in [0.25, 0.3) is 0 Å². The van der Waals surface area contributed by atoms with Gasteiger partial charge >= 0.3 is 6.98 Å². The summed E-state index contributed by atoms with van der Waals surface area (Å²) < 4.78 is 39.1. The van der Waals surface area contributed by atoms with Gasteiger partial charge in [-0.25, -0.2) is 0 Å². The van der Waals surface area contributed by atoms with Crippen LogP contribution in [0.3, 0.4) is 0 Å². The van der Waals surface area contributed by atoms with Crippen LogP contribution in [0.1, 0.15) is 0 Å². The summed E-state index contributed by atoms with van der Waals surface area (Å²) in [4.78, 5) is 0. The molecule has 2 nitrogen and oxygen atoms in total. The summed E-state index contributed by atoms with van der Waals surface area (Å²) in [6, 6.07) is 0.792. The van der Waals surface area contributed by atoms with Gasteiger partial charge in [0.1, 0.15) is 4.60 Å². The Kier molecular flexibility index (Phi) is 1.76. The number of hydrogen-bond acceptors (Lipinski definition) is 2. The van der Waals surface area contributed by atoms with Crippen LogP contribution in [0.2, 0.25) is 0 Å². The summed E-state index contributed by atoms with van der Waals surface area (Å²) in [6.07, 6.45) is 0. The third-order valence-electron chi connectivity index (χ3n) is 0.822. The normalized spacial score (nSPS) is 12.0. The van der Waals surface area contributed by atoms with E-state index in [-0.39, 0.29) is 4.60 Å². The third kappa shape index (κ3) is 1.53. The first-order valence-electron chi connectivity index (χ1n) is 2.32. The van der Waals surface area contributed by atoms with E-state index < -0.39 is 12.6 Å². The van der Waals surface area contributed by atoms with Gasteiger partial charge in [0.15, 0.2) is 0 Å². The van der Waals surface area contributed by atoms with Crippen LogP contribution >= 0.6 is 15.9 Å². The van der Waals surface area contributed by atoms with Crippen molar-refractivity contribution in [2.45, 2.75) is 0 Å². The van der Waals surface area contributed by atoms with E-state index in [2.05, 4.69) is 25.6 Å². The highest BCUT2D eigenvalue weighted by atomic mass is 79.9. The number of hydrogen-bond donors (Lipinski definition) is 0. The molecule has 0 atom stereocenters. The summed E-state index contributed by atoms with van der Waals surface area (Å²) in [5.41, 5.74) is -1.04. The van der Waals surface area contributed by atoms with Gasteiger partial charge in [-0.3, -0.25) is 0 Å². The molecule has 0 aromatic carbocycles. The number of halogens is 4. The van der Waals surface area contributed by atoms with Crippen LogP contribution in [0.15, 0.2) is 15.2 Å². The standard InChI is InChI=1S/C3HBBrF3NO/c5-3-1-2(10-9-3)4(6,7)8/h1H/q-1. The van der Waals surface area contributed by atoms with Gasteiger partial charge in [0, 0.05) is 0 Å². The van der Waals surface area contributed by atoms with Crippen molar-refractivity contribution in [2.24, 2.45) is 0 Å². The molecule has 0 saturated carbocycles. The molecule has 0 aliphatic heterocycles. The molecule has 0 aliphatic rings. The van der Waals surface area contributed by atoms with Crippen LogP contribution in [-0.4, -0.2) is 12.1 Å². The summed E-state index contributed by atoms with van der Waals surface area (Å²) in [6.45, 7) is -5.04. The van der Waals surface area contributed by atoms with E-state index in [1.54, 1.807) is 0 Å². The highest BCUT2D eigenvalue weighted by Crippen LogP contribution is 2.11. The van der Waals surface area contributed by atoms with E-state index in [0.717, 1.165) is 6.07 Å². The molecule has 0 fully saturated rings. The molecule has 1 aromatic heterocycles. The van der Waals surface area contributed by atoms with Crippen molar-refractivity contribution in [1.82, 2.24) is 5.16 Å². The van der Waals surface area contributed by atoms with E-state index >= 15 is 0 Å². The summed E-state index contributed by atoms with van der Waals surface area (Å²) >= 11 is 2.73. The summed E-state index contributed by atoms with van der Waals surface area (Å²) in [5, 5.41) is 3.02. The summed E-state index contributed by atoms with van der Waals surface area (Å²) in [5.74, 6) is 0. The van der Waals surface area contributed by atoms with Gasteiger partial charge in [0.2, 0.25) is 0 Å². The second-order valence-electron chi connectivity index (χ2n) is 1.63. The van der Waals surface area contributed by atoms with Gasteiger partial charge in [0.05, 0.1) is 5.66 Å². The molecule has 1 heterocycles. The summed E-state index contributed by atoms with van der Waals surface area (Å²) in [7, 11) is 0. The second-order valence-corrected chi connectivity index (χ2v) is 2.44. The van der Waals surface area contributed by atoms with Crippen LogP contribution < -0.4 is 5.66 Å². The maximum Gasteiger partial charge on any atom is 0.547 e. The Hall–Kier alpha value is -0.455. The largest absolute Gasteiger partial charge is 0.547 e. The van der Waals surface area contributed by atoms with E-state index in [9.17, 15) is 12.9 Å². The molecule has 0 saturated heterocycles. The highest BCUT2D eigenvalue weighted by Gasteiger charge is 2.30. The van der Waals surface area contributed by atoms with Crippen molar-refractivity contribution in [2.75, 3.05) is 0 Å². The fourth-order valence-corrected chi connectivity index (χ4v) is 0.719. The number of aromatic nitrogens is 1. The zero-order chi connectivity index (χ0) is 7.78. The molecule has 0 N–H and O–H groups in total. The average Bonchev–Trinajstić information content (AvgIpc) is 2.11. The Bertz CT molecular complexity index is 234. The van der Waals surface area contributed by atoms with Gasteiger partial charge < -0.3 is 17.5 Å². The van der Waals surface area contributed by atoms with Crippen molar-refractivity contribution in [3.05, 3.63) is 10.7 Å². The van der Waals surface area contributed by atoms with Gasteiger partial charge in [-0.05, 0) is 22.0 Å². The van der Waals surface area contributed by atoms with E-state index in [0.29, 0.717) is 0 Å². The molecular weight excluding hydrogens is 214 g/mol. The molecule has 0 amide bonds. The Morgan fingerprint density at radius 3 is 2.30 bits per heavy atom. The molecule has 7 heteroatoms. The first kappa shape index (κ1) is 7.65. The second kappa shape index (κ2) is 2.30. The molecule has 0 unspecified atom stereocenters.